The SMILES string of the molecule is COc1ccc(NCc2cn(C)nc2C)c([N+](=O)[O-])c1. The Morgan fingerprint density at radius 3 is 2.80 bits per heavy atom. The van der Waals surface area contributed by atoms with Gasteiger partial charge in [0, 0.05) is 25.4 Å². The Morgan fingerprint density at radius 1 is 1.50 bits per heavy atom. The number of aromatic nitrogens is 2. The molecule has 1 heterocycles. The second-order valence-electron chi connectivity index (χ2n) is 4.41. The standard InChI is InChI=1S/C13H16N4O3/c1-9-10(8-16(2)15-9)7-14-12-5-4-11(20-3)6-13(12)17(18)19/h4-6,8,14H,7H2,1-3H3. The second-order valence-corrected chi connectivity index (χ2v) is 4.41. The summed E-state index contributed by atoms with van der Waals surface area (Å²) >= 11 is 0. The zero-order chi connectivity index (χ0) is 14.7. The first-order valence-corrected chi connectivity index (χ1v) is 6.06. The molecule has 0 fully saturated rings. The molecule has 20 heavy (non-hydrogen) atoms. The van der Waals surface area contributed by atoms with E-state index in [0.717, 1.165) is 11.3 Å². The molecule has 7 nitrogen and oxygen atoms in total. The topological polar surface area (TPSA) is 82.2 Å². The lowest BCUT2D eigenvalue weighted by molar-refractivity contribution is -0.384. The minimum atomic E-state index is -0.430. The van der Waals surface area contributed by atoms with Crippen molar-refractivity contribution in [2.24, 2.45) is 7.05 Å². The van der Waals surface area contributed by atoms with Crippen LogP contribution >= 0.6 is 0 Å². The lowest BCUT2D eigenvalue weighted by Crippen LogP contribution is -2.03. The molecule has 106 valence electrons. The predicted molar refractivity (Wildman–Crippen MR) is 74.9 cm³/mol. The average molecular weight is 276 g/mol. The molecule has 0 saturated heterocycles. The van der Waals surface area contributed by atoms with Gasteiger partial charge in [0.05, 0.1) is 23.8 Å². The summed E-state index contributed by atoms with van der Waals surface area (Å²) in [5.74, 6) is 0.458. The van der Waals surface area contributed by atoms with E-state index >= 15 is 0 Å². The molecule has 0 amide bonds. The zero-order valence-electron chi connectivity index (χ0n) is 11.6. The van der Waals surface area contributed by atoms with Crippen LogP contribution in [0.4, 0.5) is 11.4 Å². The van der Waals surface area contributed by atoms with Crippen LogP contribution in [0.1, 0.15) is 11.3 Å². The van der Waals surface area contributed by atoms with Crippen molar-refractivity contribution >= 4 is 11.4 Å². The molecule has 0 radical (unpaired) electrons. The summed E-state index contributed by atoms with van der Waals surface area (Å²) in [4.78, 5) is 10.6. The molecule has 0 atom stereocenters. The van der Waals surface area contributed by atoms with Gasteiger partial charge in [-0.1, -0.05) is 0 Å². The predicted octanol–water partition coefficient (Wildman–Crippen LogP) is 2.26. The van der Waals surface area contributed by atoms with Crippen LogP contribution in [0.15, 0.2) is 24.4 Å². The normalized spacial score (nSPS) is 10.3. The van der Waals surface area contributed by atoms with Crippen LogP contribution in [0.25, 0.3) is 0 Å². The van der Waals surface area contributed by atoms with Crippen molar-refractivity contribution in [3.05, 3.63) is 45.8 Å². The van der Waals surface area contributed by atoms with Gasteiger partial charge >= 0.3 is 0 Å². The fraction of sp³-hybridized carbons (Fsp3) is 0.308. The fourth-order valence-corrected chi connectivity index (χ4v) is 1.95. The molecule has 2 rings (SSSR count). The molecule has 0 unspecified atom stereocenters. The Kier molecular flexibility index (Phi) is 3.88. The average Bonchev–Trinajstić information content (AvgIpc) is 2.74. The molecular formula is C13H16N4O3. The number of nitro benzene ring substituents is 1. The molecule has 0 spiro atoms. The number of methoxy groups -OCH3 is 1. The fourth-order valence-electron chi connectivity index (χ4n) is 1.95. The Hall–Kier alpha value is -2.57. The van der Waals surface area contributed by atoms with Crippen molar-refractivity contribution in [2.45, 2.75) is 13.5 Å². The molecule has 2 aromatic rings. The summed E-state index contributed by atoms with van der Waals surface area (Å²) in [6, 6.07) is 4.73. The minimum absolute atomic E-state index is 0.00843. The summed E-state index contributed by atoms with van der Waals surface area (Å²) < 4.78 is 6.72. The molecule has 1 aromatic heterocycles. The molecule has 0 aliphatic rings. The first-order chi connectivity index (χ1) is 9.51. The summed E-state index contributed by atoms with van der Waals surface area (Å²) in [5, 5.41) is 18.4. The number of nitrogens with zero attached hydrogens (tertiary/aromatic N) is 3. The van der Waals surface area contributed by atoms with Crippen molar-refractivity contribution in [1.29, 1.82) is 0 Å². The highest BCUT2D eigenvalue weighted by Crippen LogP contribution is 2.29. The maximum absolute atomic E-state index is 11.1. The Bertz CT molecular complexity index is 637. The number of hydrogen-bond donors (Lipinski definition) is 1. The number of aryl methyl sites for hydroxylation is 2. The molecular weight excluding hydrogens is 260 g/mol. The molecule has 1 N–H and O–H groups in total. The Labute approximate surface area is 116 Å². The van der Waals surface area contributed by atoms with Crippen molar-refractivity contribution in [2.75, 3.05) is 12.4 Å². The molecule has 0 saturated carbocycles. The van der Waals surface area contributed by atoms with E-state index < -0.39 is 4.92 Å². The Balaban J connectivity index is 2.20. The lowest BCUT2D eigenvalue weighted by atomic mass is 10.2. The quantitative estimate of drug-likeness (QED) is 0.669. The third-order valence-corrected chi connectivity index (χ3v) is 2.99. The summed E-state index contributed by atoms with van der Waals surface area (Å²) in [6.45, 7) is 2.38. The first kappa shape index (κ1) is 13.9. The van der Waals surface area contributed by atoms with Gasteiger partial charge in [0.1, 0.15) is 11.4 Å². The van der Waals surface area contributed by atoms with Crippen LogP contribution in [0.3, 0.4) is 0 Å². The van der Waals surface area contributed by atoms with E-state index in [-0.39, 0.29) is 5.69 Å². The highest BCUT2D eigenvalue weighted by atomic mass is 16.6. The van der Waals surface area contributed by atoms with Gasteiger partial charge in [0.2, 0.25) is 0 Å². The Morgan fingerprint density at radius 2 is 2.25 bits per heavy atom. The van der Waals surface area contributed by atoms with Gasteiger partial charge in [-0.05, 0) is 19.1 Å². The second kappa shape index (κ2) is 5.60. The van der Waals surface area contributed by atoms with Crippen LogP contribution in [-0.4, -0.2) is 21.8 Å². The summed E-state index contributed by atoms with van der Waals surface area (Å²) in [7, 11) is 3.32. The van der Waals surface area contributed by atoms with Gasteiger partial charge in [-0.3, -0.25) is 14.8 Å². The number of nitrogens with one attached hydrogen (secondary N) is 1. The third-order valence-electron chi connectivity index (χ3n) is 2.99. The maximum Gasteiger partial charge on any atom is 0.296 e. The number of nitro groups is 1. The van der Waals surface area contributed by atoms with E-state index in [9.17, 15) is 10.1 Å². The molecule has 0 bridgehead atoms. The first-order valence-electron chi connectivity index (χ1n) is 6.06. The van der Waals surface area contributed by atoms with Crippen LogP contribution in [0, 0.1) is 17.0 Å². The largest absolute Gasteiger partial charge is 0.496 e. The van der Waals surface area contributed by atoms with E-state index in [1.807, 2.05) is 20.2 Å². The minimum Gasteiger partial charge on any atom is -0.496 e. The number of benzene rings is 1. The van der Waals surface area contributed by atoms with E-state index in [2.05, 4.69) is 10.4 Å². The van der Waals surface area contributed by atoms with Crippen LogP contribution in [0.5, 0.6) is 5.75 Å². The molecule has 1 aromatic carbocycles. The lowest BCUT2D eigenvalue weighted by Gasteiger charge is -2.08. The van der Waals surface area contributed by atoms with Gasteiger partial charge < -0.3 is 10.1 Å². The van der Waals surface area contributed by atoms with Crippen molar-refractivity contribution < 1.29 is 9.66 Å². The highest BCUT2D eigenvalue weighted by Gasteiger charge is 2.15. The molecule has 7 heteroatoms. The van der Waals surface area contributed by atoms with Crippen molar-refractivity contribution in [1.82, 2.24) is 9.78 Å². The maximum atomic E-state index is 11.1. The van der Waals surface area contributed by atoms with E-state index in [0.29, 0.717) is 18.0 Å². The van der Waals surface area contributed by atoms with E-state index in [1.165, 1.54) is 13.2 Å². The number of hydrogen-bond acceptors (Lipinski definition) is 5. The number of anilines is 1. The smallest absolute Gasteiger partial charge is 0.296 e. The zero-order valence-corrected chi connectivity index (χ0v) is 11.6. The molecule has 0 aliphatic carbocycles. The van der Waals surface area contributed by atoms with Gasteiger partial charge in [0.25, 0.3) is 5.69 Å². The van der Waals surface area contributed by atoms with Crippen molar-refractivity contribution in [3.8, 4) is 5.75 Å². The highest BCUT2D eigenvalue weighted by molar-refractivity contribution is 5.64. The van der Waals surface area contributed by atoms with Crippen LogP contribution in [0.2, 0.25) is 0 Å². The number of ether oxygens (including phenoxy) is 1. The summed E-state index contributed by atoms with van der Waals surface area (Å²) in [5.41, 5.74) is 2.35. The number of rotatable bonds is 5. The van der Waals surface area contributed by atoms with Gasteiger partial charge in [0.15, 0.2) is 0 Å². The van der Waals surface area contributed by atoms with Crippen molar-refractivity contribution in [3.63, 3.8) is 0 Å². The van der Waals surface area contributed by atoms with Crippen LogP contribution in [-0.2, 0) is 13.6 Å². The third kappa shape index (κ3) is 2.87. The molecule has 0 aliphatic heterocycles. The monoisotopic (exact) mass is 276 g/mol. The van der Waals surface area contributed by atoms with E-state index in [4.69, 9.17) is 4.74 Å². The van der Waals surface area contributed by atoms with E-state index in [1.54, 1.807) is 16.8 Å². The van der Waals surface area contributed by atoms with Gasteiger partial charge in [-0.25, -0.2) is 0 Å². The van der Waals surface area contributed by atoms with Crippen LogP contribution < -0.4 is 10.1 Å². The van der Waals surface area contributed by atoms with Gasteiger partial charge in [-0.2, -0.15) is 5.10 Å². The van der Waals surface area contributed by atoms with Gasteiger partial charge in [-0.15, -0.1) is 0 Å². The summed E-state index contributed by atoms with van der Waals surface area (Å²) in [6.07, 6.45) is 1.89.